The molecule has 1 rings (SSSR count). The lowest BCUT2D eigenvalue weighted by Crippen LogP contribution is -1.98. The Morgan fingerprint density at radius 3 is 2.00 bits per heavy atom. The number of ether oxygens (including phenoxy) is 1. The summed E-state index contributed by atoms with van der Waals surface area (Å²) in [6, 6.07) is 0. The van der Waals surface area contributed by atoms with Gasteiger partial charge in [-0.2, -0.15) is 0 Å². The van der Waals surface area contributed by atoms with Crippen molar-refractivity contribution in [3.05, 3.63) is 22.5 Å². The van der Waals surface area contributed by atoms with Crippen LogP contribution in [0.2, 0.25) is 0 Å². The molecule has 86 valence electrons. The lowest BCUT2D eigenvalue weighted by Gasteiger charge is -2.16. The molecule has 0 spiro atoms. The average Bonchev–Trinajstić information content (AvgIpc) is 2.25. The van der Waals surface area contributed by atoms with E-state index < -0.39 is 0 Å². The van der Waals surface area contributed by atoms with Crippen molar-refractivity contribution in [2.24, 2.45) is 0 Å². The first kappa shape index (κ1) is 12.4. The fourth-order valence-corrected chi connectivity index (χ4v) is 2.19. The molecule has 0 heterocycles. The van der Waals surface area contributed by atoms with Gasteiger partial charge in [0, 0.05) is 6.42 Å². The summed E-state index contributed by atoms with van der Waals surface area (Å²) in [6.07, 6.45) is 7.67. The second-order valence-electron chi connectivity index (χ2n) is 4.57. The van der Waals surface area contributed by atoms with Gasteiger partial charge in [-0.05, 0) is 51.2 Å². The fourth-order valence-electron chi connectivity index (χ4n) is 2.19. The van der Waals surface area contributed by atoms with Gasteiger partial charge in [-0.1, -0.05) is 18.4 Å². The van der Waals surface area contributed by atoms with E-state index in [2.05, 4.69) is 20.8 Å². The lowest BCUT2D eigenvalue weighted by molar-refractivity contribution is 0.269. The molecule has 1 nitrogen and oxygen atoms in total. The third-order valence-corrected chi connectivity index (χ3v) is 3.57. The van der Waals surface area contributed by atoms with Crippen LogP contribution in [0.1, 0.15) is 59.3 Å². The first-order valence-electron chi connectivity index (χ1n) is 6.07. The van der Waals surface area contributed by atoms with Crippen LogP contribution >= 0.6 is 0 Å². The van der Waals surface area contributed by atoms with Crippen LogP contribution in [-0.4, -0.2) is 7.11 Å². The highest BCUT2D eigenvalue weighted by Crippen LogP contribution is 2.26. The Hall–Kier alpha value is -0.720. The van der Waals surface area contributed by atoms with Gasteiger partial charge in [0.15, 0.2) is 0 Å². The molecule has 0 aromatic rings. The van der Waals surface area contributed by atoms with Gasteiger partial charge in [0.1, 0.15) is 0 Å². The van der Waals surface area contributed by atoms with Gasteiger partial charge in [0.25, 0.3) is 0 Å². The molecule has 0 aromatic carbocycles. The fraction of sp³-hybridized carbons (Fsp3) is 0.714. The van der Waals surface area contributed by atoms with Crippen LogP contribution in [0.15, 0.2) is 22.5 Å². The van der Waals surface area contributed by atoms with Crippen molar-refractivity contribution in [2.45, 2.75) is 59.3 Å². The van der Waals surface area contributed by atoms with Crippen LogP contribution in [-0.2, 0) is 4.74 Å². The van der Waals surface area contributed by atoms with Crippen molar-refractivity contribution in [2.75, 3.05) is 7.11 Å². The Morgan fingerprint density at radius 2 is 1.40 bits per heavy atom. The highest BCUT2D eigenvalue weighted by molar-refractivity contribution is 5.33. The quantitative estimate of drug-likeness (QED) is 0.612. The molecule has 0 unspecified atom stereocenters. The maximum Gasteiger partial charge on any atom is 0.0987 e. The summed E-state index contributed by atoms with van der Waals surface area (Å²) in [4.78, 5) is 0. The first-order chi connectivity index (χ1) is 7.16. The van der Waals surface area contributed by atoms with E-state index in [1.54, 1.807) is 7.11 Å². The van der Waals surface area contributed by atoms with Crippen molar-refractivity contribution in [1.82, 2.24) is 0 Å². The van der Waals surface area contributed by atoms with Gasteiger partial charge in [-0.15, -0.1) is 0 Å². The van der Waals surface area contributed by atoms with Crippen LogP contribution in [0.25, 0.3) is 0 Å². The van der Waals surface area contributed by atoms with E-state index in [0.29, 0.717) is 0 Å². The zero-order valence-electron chi connectivity index (χ0n) is 10.7. The number of methoxy groups -OCH3 is 1. The molecule has 15 heavy (non-hydrogen) atoms. The highest BCUT2D eigenvalue weighted by atomic mass is 16.5. The molecular formula is C14H24O. The lowest BCUT2D eigenvalue weighted by atomic mass is 9.95. The monoisotopic (exact) mass is 208 g/mol. The average molecular weight is 208 g/mol. The maximum absolute atomic E-state index is 5.50. The van der Waals surface area contributed by atoms with Crippen LogP contribution < -0.4 is 0 Å². The van der Waals surface area contributed by atoms with Crippen molar-refractivity contribution in [3.8, 4) is 0 Å². The van der Waals surface area contributed by atoms with Crippen molar-refractivity contribution in [3.63, 3.8) is 0 Å². The maximum atomic E-state index is 5.50. The Morgan fingerprint density at radius 1 is 0.800 bits per heavy atom. The van der Waals surface area contributed by atoms with E-state index in [9.17, 15) is 0 Å². The summed E-state index contributed by atoms with van der Waals surface area (Å²) in [7, 11) is 1.80. The van der Waals surface area contributed by atoms with Gasteiger partial charge in [0.05, 0.1) is 12.9 Å². The van der Waals surface area contributed by atoms with Crippen molar-refractivity contribution < 1.29 is 4.74 Å². The third kappa shape index (κ3) is 3.40. The smallest absolute Gasteiger partial charge is 0.0987 e. The molecule has 1 heteroatoms. The van der Waals surface area contributed by atoms with Crippen LogP contribution in [0.5, 0.6) is 0 Å². The molecule has 0 amide bonds. The minimum atomic E-state index is 1.10. The minimum absolute atomic E-state index is 1.10. The molecule has 1 aliphatic rings. The number of hydrogen-bond acceptors (Lipinski definition) is 1. The predicted molar refractivity (Wildman–Crippen MR) is 65.8 cm³/mol. The standard InChI is InChI=1S/C14H24O/c1-11-9-7-5-6-8-10-14(15-4)13(3)12(11)2/h5-10H2,1-4H3/b12-11-,14-13+. The van der Waals surface area contributed by atoms with E-state index in [1.807, 2.05) is 0 Å². The highest BCUT2D eigenvalue weighted by Gasteiger charge is 2.09. The minimum Gasteiger partial charge on any atom is -0.501 e. The zero-order chi connectivity index (χ0) is 11.3. The van der Waals surface area contributed by atoms with Gasteiger partial charge >= 0.3 is 0 Å². The first-order valence-corrected chi connectivity index (χ1v) is 6.07. The Kier molecular flexibility index (Phi) is 4.93. The summed E-state index contributed by atoms with van der Waals surface area (Å²) in [5.41, 5.74) is 4.33. The van der Waals surface area contributed by atoms with Crippen LogP contribution in [0.3, 0.4) is 0 Å². The molecule has 0 N–H and O–H groups in total. The molecule has 0 saturated carbocycles. The Labute approximate surface area is 94.2 Å². The van der Waals surface area contributed by atoms with Crippen LogP contribution in [0, 0.1) is 0 Å². The zero-order valence-corrected chi connectivity index (χ0v) is 10.7. The van der Waals surface area contributed by atoms with E-state index in [1.165, 1.54) is 54.6 Å². The number of allylic oxidation sites excluding steroid dienone is 4. The summed E-state index contributed by atoms with van der Waals surface area (Å²) in [5.74, 6) is 1.19. The van der Waals surface area contributed by atoms with E-state index in [4.69, 9.17) is 4.74 Å². The van der Waals surface area contributed by atoms with E-state index in [0.717, 1.165) is 6.42 Å². The largest absolute Gasteiger partial charge is 0.501 e. The molecule has 0 aliphatic heterocycles. The second kappa shape index (κ2) is 5.99. The molecule has 0 atom stereocenters. The predicted octanol–water partition coefficient (Wildman–Crippen LogP) is 4.60. The van der Waals surface area contributed by atoms with Gasteiger partial charge in [0.2, 0.25) is 0 Å². The SMILES string of the molecule is CO/C1=C(C)/C(C)=C(/C)CCCCCC1. The Balaban J connectivity index is 2.96. The van der Waals surface area contributed by atoms with Gasteiger partial charge < -0.3 is 4.74 Å². The molecule has 0 bridgehead atoms. The van der Waals surface area contributed by atoms with E-state index >= 15 is 0 Å². The van der Waals surface area contributed by atoms with Gasteiger partial charge in [-0.25, -0.2) is 0 Å². The molecule has 1 aliphatic carbocycles. The summed E-state index contributed by atoms with van der Waals surface area (Å²) < 4.78 is 5.50. The van der Waals surface area contributed by atoms with Crippen molar-refractivity contribution in [1.29, 1.82) is 0 Å². The third-order valence-electron chi connectivity index (χ3n) is 3.57. The molecule has 0 aromatic heterocycles. The van der Waals surface area contributed by atoms with E-state index in [-0.39, 0.29) is 0 Å². The molecule has 0 fully saturated rings. The normalized spacial score (nSPS) is 30.1. The summed E-state index contributed by atoms with van der Waals surface area (Å²) >= 11 is 0. The summed E-state index contributed by atoms with van der Waals surface area (Å²) in [6.45, 7) is 6.68. The second-order valence-corrected chi connectivity index (χ2v) is 4.57. The number of hydrogen-bond donors (Lipinski definition) is 0. The van der Waals surface area contributed by atoms with Gasteiger partial charge in [-0.3, -0.25) is 0 Å². The summed E-state index contributed by atoms with van der Waals surface area (Å²) in [5, 5.41) is 0. The molecule has 0 saturated heterocycles. The van der Waals surface area contributed by atoms with Crippen molar-refractivity contribution >= 4 is 0 Å². The Bertz CT molecular complexity index is 271. The topological polar surface area (TPSA) is 9.23 Å². The number of rotatable bonds is 1. The van der Waals surface area contributed by atoms with Crippen LogP contribution in [0.4, 0.5) is 0 Å². The molecule has 0 radical (unpaired) electrons. The molecular weight excluding hydrogens is 184 g/mol.